The SMILES string of the molecule is Cc1ccc(-n2c(C)cc([C@@H]3[C@H](c4ccccn4)NC(=S)N3Cc3cccnc3)c2C)cc1. The molecule has 1 aliphatic rings. The smallest absolute Gasteiger partial charge is 0.170 e. The van der Waals surface area contributed by atoms with Crippen LogP contribution in [-0.2, 0) is 6.54 Å². The molecule has 5 rings (SSSR count). The number of benzene rings is 1. The summed E-state index contributed by atoms with van der Waals surface area (Å²) >= 11 is 5.84. The number of pyridine rings is 2. The third-order valence-electron chi connectivity index (χ3n) is 6.35. The molecule has 33 heavy (non-hydrogen) atoms. The van der Waals surface area contributed by atoms with Crippen LogP contribution in [0.3, 0.4) is 0 Å². The third kappa shape index (κ3) is 4.02. The second-order valence-corrected chi connectivity index (χ2v) is 9.00. The van der Waals surface area contributed by atoms with E-state index < -0.39 is 0 Å². The molecule has 6 heteroatoms. The lowest BCUT2D eigenvalue weighted by Gasteiger charge is -2.28. The van der Waals surface area contributed by atoms with E-state index >= 15 is 0 Å². The van der Waals surface area contributed by atoms with E-state index in [1.807, 2.05) is 30.6 Å². The molecule has 0 aliphatic carbocycles. The van der Waals surface area contributed by atoms with Gasteiger partial charge in [-0.2, -0.15) is 0 Å². The average molecular weight is 454 g/mol. The Balaban J connectivity index is 1.61. The van der Waals surface area contributed by atoms with Gasteiger partial charge in [-0.05, 0) is 80.5 Å². The lowest BCUT2D eigenvalue weighted by atomic mass is 9.96. The molecule has 1 aromatic carbocycles. The molecule has 1 fully saturated rings. The van der Waals surface area contributed by atoms with Crippen LogP contribution >= 0.6 is 12.2 Å². The van der Waals surface area contributed by atoms with E-state index in [-0.39, 0.29) is 12.1 Å². The predicted octanol–water partition coefficient (Wildman–Crippen LogP) is 5.37. The minimum absolute atomic E-state index is 0.0120. The van der Waals surface area contributed by atoms with E-state index in [1.54, 1.807) is 6.20 Å². The van der Waals surface area contributed by atoms with Crippen LogP contribution in [0.1, 0.15) is 45.9 Å². The Morgan fingerprint density at radius 2 is 1.79 bits per heavy atom. The molecule has 3 aromatic heterocycles. The first-order valence-corrected chi connectivity index (χ1v) is 11.6. The molecular formula is C27H27N5S. The van der Waals surface area contributed by atoms with Gasteiger partial charge in [-0.3, -0.25) is 9.97 Å². The van der Waals surface area contributed by atoms with Gasteiger partial charge >= 0.3 is 0 Å². The molecular weight excluding hydrogens is 426 g/mol. The summed E-state index contributed by atoms with van der Waals surface area (Å²) in [5.41, 5.74) is 8.20. The highest BCUT2D eigenvalue weighted by molar-refractivity contribution is 7.80. The molecule has 4 aromatic rings. The van der Waals surface area contributed by atoms with Gasteiger partial charge in [0.2, 0.25) is 0 Å². The van der Waals surface area contributed by atoms with Crippen molar-refractivity contribution in [3.63, 3.8) is 0 Å². The summed E-state index contributed by atoms with van der Waals surface area (Å²) in [5, 5.41) is 4.29. The second kappa shape index (κ2) is 8.79. The molecule has 0 saturated carbocycles. The van der Waals surface area contributed by atoms with Crippen molar-refractivity contribution in [1.29, 1.82) is 0 Å². The van der Waals surface area contributed by atoms with Crippen LogP contribution in [0.5, 0.6) is 0 Å². The fourth-order valence-electron chi connectivity index (χ4n) is 4.78. The van der Waals surface area contributed by atoms with Crippen LogP contribution in [0, 0.1) is 20.8 Å². The lowest BCUT2D eigenvalue weighted by molar-refractivity contribution is 0.310. The van der Waals surface area contributed by atoms with E-state index in [2.05, 4.69) is 88.0 Å². The largest absolute Gasteiger partial charge is 0.352 e. The summed E-state index contributed by atoms with van der Waals surface area (Å²) in [6, 6.07) is 21.1. The molecule has 0 amide bonds. The summed E-state index contributed by atoms with van der Waals surface area (Å²) in [7, 11) is 0. The highest BCUT2D eigenvalue weighted by Gasteiger charge is 2.41. The average Bonchev–Trinajstić information content (AvgIpc) is 3.31. The Morgan fingerprint density at radius 1 is 0.970 bits per heavy atom. The van der Waals surface area contributed by atoms with Crippen LogP contribution in [-0.4, -0.2) is 24.5 Å². The quantitative estimate of drug-likeness (QED) is 0.412. The molecule has 1 aliphatic heterocycles. The fourth-order valence-corrected chi connectivity index (χ4v) is 5.09. The zero-order chi connectivity index (χ0) is 22.9. The van der Waals surface area contributed by atoms with Crippen LogP contribution in [0.15, 0.2) is 79.3 Å². The maximum atomic E-state index is 5.84. The van der Waals surface area contributed by atoms with Crippen molar-refractivity contribution >= 4 is 17.3 Å². The molecule has 166 valence electrons. The lowest BCUT2D eigenvalue weighted by Crippen LogP contribution is -2.29. The molecule has 0 bridgehead atoms. The Hall–Kier alpha value is -3.51. The minimum atomic E-state index is -0.0395. The van der Waals surface area contributed by atoms with E-state index in [9.17, 15) is 0 Å². The summed E-state index contributed by atoms with van der Waals surface area (Å²) in [6.07, 6.45) is 5.55. The molecule has 0 spiro atoms. The highest BCUT2D eigenvalue weighted by atomic mass is 32.1. The number of hydrogen-bond acceptors (Lipinski definition) is 3. The number of aromatic nitrogens is 3. The van der Waals surface area contributed by atoms with Crippen LogP contribution in [0.2, 0.25) is 0 Å². The first-order chi connectivity index (χ1) is 16.0. The van der Waals surface area contributed by atoms with Crippen molar-refractivity contribution in [2.24, 2.45) is 0 Å². The van der Waals surface area contributed by atoms with Gasteiger partial charge in [-0.25, -0.2) is 0 Å². The van der Waals surface area contributed by atoms with Crippen molar-refractivity contribution in [3.05, 3.63) is 113 Å². The van der Waals surface area contributed by atoms with Gasteiger partial charge < -0.3 is 14.8 Å². The van der Waals surface area contributed by atoms with E-state index in [0.717, 1.165) is 16.4 Å². The molecule has 1 N–H and O–H groups in total. The topological polar surface area (TPSA) is 46.0 Å². The zero-order valence-corrected chi connectivity index (χ0v) is 19.9. The summed E-state index contributed by atoms with van der Waals surface area (Å²) in [5.74, 6) is 0. The monoisotopic (exact) mass is 453 g/mol. The molecule has 0 radical (unpaired) electrons. The fraction of sp³-hybridized carbons (Fsp3) is 0.222. The zero-order valence-electron chi connectivity index (χ0n) is 19.1. The number of thiocarbonyl (C=S) groups is 1. The van der Waals surface area contributed by atoms with Crippen molar-refractivity contribution < 1.29 is 0 Å². The van der Waals surface area contributed by atoms with Gasteiger partial charge in [0.05, 0.1) is 17.8 Å². The Morgan fingerprint density at radius 3 is 2.48 bits per heavy atom. The maximum Gasteiger partial charge on any atom is 0.170 e. The molecule has 1 saturated heterocycles. The van der Waals surface area contributed by atoms with Crippen molar-refractivity contribution in [3.8, 4) is 5.69 Å². The van der Waals surface area contributed by atoms with Gasteiger partial charge in [-0.15, -0.1) is 0 Å². The minimum Gasteiger partial charge on any atom is -0.352 e. The van der Waals surface area contributed by atoms with Crippen molar-refractivity contribution in [2.45, 2.75) is 39.4 Å². The number of rotatable bonds is 5. The number of nitrogens with zero attached hydrogens (tertiary/aromatic N) is 4. The van der Waals surface area contributed by atoms with E-state index in [4.69, 9.17) is 12.2 Å². The van der Waals surface area contributed by atoms with Crippen LogP contribution in [0.25, 0.3) is 5.69 Å². The first-order valence-electron chi connectivity index (χ1n) is 11.2. The van der Waals surface area contributed by atoms with E-state index in [0.29, 0.717) is 6.54 Å². The maximum absolute atomic E-state index is 5.84. The summed E-state index contributed by atoms with van der Waals surface area (Å²) in [4.78, 5) is 11.2. The van der Waals surface area contributed by atoms with Crippen molar-refractivity contribution in [2.75, 3.05) is 0 Å². The Bertz CT molecular complexity index is 1270. The van der Waals surface area contributed by atoms with Gasteiger partial charge in [0, 0.05) is 42.2 Å². The normalized spacial score (nSPS) is 17.9. The van der Waals surface area contributed by atoms with Crippen molar-refractivity contribution in [1.82, 2.24) is 24.8 Å². The standard InChI is InChI=1S/C27H27N5S/c1-18-9-11-22(12-10-18)32-19(2)15-23(20(32)3)26-25(24-8-4-5-14-29-24)30-27(33)31(26)17-21-7-6-13-28-16-21/h4-16,25-26H,17H2,1-3H3,(H,30,33)/t25-,26+/m0/s1. The van der Waals surface area contributed by atoms with Crippen LogP contribution in [0.4, 0.5) is 0 Å². The predicted molar refractivity (Wildman–Crippen MR) is 135 cm³/mol. The first kappa shape index (κ1) is 21.3. The molecule has 0 unspecified atom stereocenters. The van der Waals surface area contributed by atoms with Gasteiger partial charge in [0.1, 0.15) is 0 Å². The molecule has 4 heterocycles. The number of nitrogens with one attached hydrogen (secondary N) is 1. The third-order valence-corrected chi connectivity index (χ3v) is 6.71. The second-order valence-electron chi connectivity index (χ2n) is 8.61. The molecule has 5 nitrogen and oxygen atoms in total. The number of hydrogen-bond donors (Lipinski definition) is 1. The van der Waals surface area contributed by atoms with Crippen LogP contribution < -0.4 is 5.32 Å². The van der Waals surface area contributed by atoms with E-state index in [1.165, 1.54) is 28.2 Å². The Labute approximate surface area is 200 Å². The van der Waals surface area contributed by atoms with Gasteiger partial charge in [-0.1, -0.05) is 29.8 Å². The summed E-state index contributed by atoms with van der Waals surface area (Å²) < 4.78 is 2.33. The summed E-state index contributed by atoms with van der Waals surface area (Å²) in [6.45, 7) is 7.16. The van der Waals surface area contributed by atoms with Gasteiger partial charge in [0.25, 0.3) is 0 Å². The highest BCUT2D eigenvalue weighted by Crippen LogP contribution is 2.42. The Kier molecular flexibility index (Phi) is 5.68. The van der Waals surface area contributed by atoms with Gasteiger partial charge in [0.15, 0.2) is 5.11 Å². The number of aryl methyl sites for hydroxylation is 2. The molecule has 2 atom stereocenters.